The van der Waals surface area contributed by atoms with Gasteiger partial charge in [0.05, 0.1) is 16.5 Å². The van der Waals surface area contributed by atoms with Gasteiger partial charge in [-0.15, -0.1) is 0 Å². The number of carbonyl (C=O) groups is 1. The second-order valence-electron chi connectivity index (χ2n) is 7.54. The summed E-state index contributed by atoms with van der Waals surface area (Å²) in [6, 6.07) is 4.55. The van der Waals surface area contributed by atoms with E-state index in [4.69, 9.17) is 11.6 Å². The van der Waals surface area contributed by atoms with Crippen molar-refractivity contribution in [2.45, 2.75) is 12.6 Å². The number of H-pyrrole nitrogens is 1. The molecule has 0 bridgehead atoms. The van der Waals surface area contributed by atoms with Crippen molar-refractivity contribution in [3.8, 4) is 0 Å². The molecule has 0 fully saturated rings. The number of carbonyl (C=O) groups excluding carboxylic acids is 1. The zero-order valence-electron chi connectivity index (χ0n) is 16.6. The van der Waals surface area contributed by atoms with Crippen LogP contribution in [0, 0.1) is 17.5 Å². The molecule has 3 aromatic rings. The molecule has 1 aliphatic heterocycles. The van der Waals surface area contributed by atoms with Gasteiger partial charge in [0.2, 0.25) is 0 Å². The van der Waals surface area contributed by atoms with Gasteiger partial charge in [0, 0.05) is 37.1 Å². The topological polar surface area (TPSA) is 68.4 Å². The Morgan fingerprint density at radius 1 is 1.16 bits per heavy atom. The molecule has 0 spiro atoms. The Kier molecular flexibility index (Phi) is 5.40. The van der Waals surface area contributed by atoms with Crippen molar-refractivity contribution in [1.82, 2.24) is 14.8 Å². The number of fused-ring (bicyclic) bond motifs is 3. The number of nitrogens with one attached hydrogen (secondary N) is 2. The van der Waals surface area contributed by atoms with Crippen LogP contribution in [0.2, 0.25) is 5.02 Å². The van der Waals surface area contributed by atoms with Crippen molar-refractivity contribution in [2.75, 3.05) is 26.0 Å². The van der Waals surface area contributed by atoms with E-state index in [0.29, 0.717) is 30.0 Å². The van der Waals surface area contributed by atoms with Crippen LogP contribution in [-0.4, -0.2) is 41.5 Å². The highest BCUT2D eigenvalue weighted by Gasteiger charge is 2.32. The van der Waals surface area contributed by atoms with E-state index in [-0.39, 0.29) is 15.8 Å². The summed E-state index contributed by atoms with van der Waals surface area (Å²) in [5.74, 6) is -2.81. The monoisotopic (exact) mass is 450 g/mol. The predicted molar refractivity (Wildman–Crippen MR) is 112 cm³/mol. The molecular weight excluding hydrogens is 433 g/mol. The maximum atomic E-state index is 14.0. The molecule has 6 nitrogen and oxygen atoms in total. The van der Waals surface area contributed by atoms with Crippen molar-refractivity contribution in [3.63, 3.8) is 0 Å². The molecule has 0 saturated heterocycles. The van der Waals surface area contributed by atoms with Crippen LogP contribution in [0.4, 0.5) is 23.7 Å². The zero-order valence-corrected chi connectivity index (χ0v) is 17.4. The zero-order chi connectivity index (χ0) is 22.4. The maximum absolute atomic E-state index is 14.0. The number of aromatic nitrogens is 1. The number of anilines is 1. The first kappa shape index (κ1) is 21.2. The third-order valence-electron chi connectivity index (χ3n) is 5.39. The van der Waals surface area contributed by atoms with Gasteiger partial charge in [-0.2, -0.15) is 0 Å². The van der Waals surface area contributed by atoms with Crippen LogP contribution in [0.5, 0.6) is 0 Å². The number of amides is 2. The van der Waals surface area contributed by atoms with Gasteiger partial charge in [-0.25, -0.2) is 18.0 Å². The number of hydrogen-bond acceptors (Lipinski definition) is 3. The predicted octanol–water partition coefficient (Wildman–Crippen LogP) is 4.25. The van der Waals surface area contributed by atoms with Gasteiger partial charge in [-0.05, 0) is 42.8 Å². The summed E-state index contributed by atoms with van der Waals surface area (Å²) < 4.78 is 41.2. The highest BCUT2D eigenvalue weighted by atomic mass is 35.5. The fraction of sp³-hybridized carbons (Fsp3) is 0.238. The Bertz CT molecular complexity index is 1260. The molecule has 0 radical (unpaired) electrons. The van der Waals surface area contributed by atoms with Gasteiger partial charge in [0.25, 0.3) is 5.56 Å². The first-order valence-electron chi connectivity index (χ1n) is 9.37. The smallest absolute Gasteiger partial charge is 0.322 e. The molecule has 162 valence electrons. The molecule has 4 rings (SSSR count). The summed E-state index contributed by atoms with van der Waals surface area (Å²) in [7, 11) is 3.36. The minimum atomic E-state index is -1.12. The molecule has 1 unspecified atom stereocenters. The molecule has 1 aromatic heterocycles. The van der Waals surface area contributed by atoms with E-state index < -0.39 is 35.1 Å². The second kappa shape index (κ2) is 7.90. The van der Waals surface area contributed by atoms with E-state index in [9.17, 15) is 22.8 Å². The Morgan fingerprint density at radius 3 is 2.52 bits per heavy atom. The SMILES string of the molecule is CN1Cc2[nH]c(=O)c3cc(F)c(F)cc3c2C(N(C)C(=O)Nc2ccc(F)c(Cl)c2)C1. The van der Waals surface area contributed by atoms with Gasteiger partial charge in [0.1, 0.15) is 5.82 Å². The van der Waals surface area contributed by atoms with Gasteiger partial charge in [-0.3, -0.25) is 9.69 Å². The van der Waals surface area contributed by atoms with Gasteiger partial charge in [-0.1, -0.05) is 11.6 Å². The van der Waals surface area contributed by atoms with Crippen LogP contribution >= 0.6 is 11.6 Å². The normalized spacial score (nSPS) is 16.3. The highest BCUT2D eigenvalue weighted by Crippen LogP contribution is 2.34. The average Bonchev–Trinajstić information content (AvgIpc) is 2.71. The number of urea groups is 1. The lowest BCUT2D eigenvalue weighted by molar-refractivity contribution is 0.167. The molecule has 2 N–H and O–H groups in total. The molecule has 10 heteroatoms. The summed E-state index contributed by atoms with van der Waals surface area (Å²) in [4.78, 5) is 31.4. The molecule has 2 aromatic carbocycles. The van der Waals surface area contributed by atoms with Crippen LogP contribution < -0.4 is 10.9 Å². The van der Waals surface area contributed by atoms with E-state index in [1.165, 1.54) is 17.0 Å². The van der Waals surface area contributed by atoms with E-state index in [2.05, 4.69) is 10.3 Å². The van der Waals surface area contributed by atoms with Crippen molar-refractivity contribution in [1.29, 1.82) is 0 Å². The van der Waals surface area contributed by atoms with E-state index in [1.807, 2.05) is 11.9 Å². The van der Waals surface area contributed by atoms with Crippen molar-refractivity contribution in [3.05, 3.63) is 74.4 Å². The lowest BCUT2D eigenvalue weighted by atomic mass is 9.93. The maximum Gasteiger partial charge on any atom is 0.322 e. The average molecular weight is 451 g/mol. The number of benzene rings is 2. The van der Waals surface area contributed by atoms with Gasteiger partial charge >= 0.3 is 6.03 Å². The minimum Gasteiger partial charge on any atom is -0.324 e. The van der Waals surface area contributed by atoms with E-state index in [0.717, 1.165) is 18.2 Å². The van der Waals surface area contributed by atoms with Gasteiger partial charge < -0.3 is 15.2 Å². The Hall–Kier alpha value is -3.04. The number of aromatic amines is 1. The molecular formula is C21H18ClF3N4O2. The van der Waals surface area contributed by atoms with Crippen LogP contribution in [-0.2, 0) is 6.54 Å². The third kappa shape index (κ3) is 3.86. The highest BCUT2D eigenvalue weighted by molar-refractivity contribution is 6.31. The van der Waals surface area contributed by atoms with E-state index >= 15 is 0 Å². The lowest BCUT2D eigenvalue weighted by Crippen LogP contribution is -2.44. The number of pyridine rings is 1. The van der Waals surface area contributed by atoms with Crippen LogP contribution in [0.3, 0.4) is 0 Å². The fourth-order valence-electron chi connectivity index (χ4n) is 3.86. The molecule has 31 heavy (non-hydrogen) atoms. The molecule has 1 aliphatic rings. The Labute approximate surface area is 180 Å². The Morgan fingerprint density at radius 2 is 1.84 bits per heavy atom. The lowest BCUT2D eigenvalue weighted by Gasteiger charge is -2.38. The number of likely N-dealkylation sites (N-methyl/N-ethyl adjacent to an activating group) is 2. The van der Waals surface area contributed by atoms with Crippen LogP contribution in [0.15, 0.2) is 35.1 Å². The summed E-state index contributed by atoms with van der Waals surface area (Å²) in [5.41, 5.74) is 0.829. The fourth-order valence-corrected chi connectivity index (χ4v) is 4.04. The minimum absolute atomic E-state index is 0.00586. The van der Waals surface area contributed by atoms with Crippen LogP contribution in [0.25, 0.3) is 10.8 Å². The number of halogens is 4. The van der Waals surface area contributed by atoms with Crippen molar-refractivity contribution >= 4 is 34.1 Å². The summed E-state index contributed by atoms with van der Waals surface area (Å²) >= 11 is 5.77. The molecule has 0 saturated carbocycles. The number of nitrogens with zero attached hydrogens (tertiary/aromatic N) is 2. The largest absolute Gasteiger partial charge is 0.324 e. The first-order chi connectivity index (χ1) is 14.7. The quantitative estimate of drug-likeness (QED) is 0.613. The Balaban J connectivity index is 1.76. The summed E-state index contributed by atoms with van der Waals surface area (Å²) in [5, 5.41) is 2.77. The summed E-state index contributed by atoms with van der Waals surface area (Å²) in [6.07, 6.45) is 0. The first-order valence-corrected chi connectivity index (χ1v) is 9.74. The van der Waals surface area contributed by atoms with Crippen LogP contribution in [0.1, 0.15) is 17.3 Å². The third-order valence-corrected chi connectivity index (χ3v) is 5.68. The number of hydrogen-bond donors (Lipinski definition) is 2. The summed E-state index contributed by atoms with van der Waals surface area (Å²) in [6.45, 7) is 0.764. The molecule has 1 atom stereocenters. The number of rotatable bonds is 2. The van der Waals surface area contributed by atoms with E-state index in [1.54, 1.807) is 7.05 Å². The van der Waals surface area contributed by atoms with Crippen molar-refractivity contribution in [2.24, 2.45) is 0 Å². The molecule has 2 amide bonds. The molecule has 0 aliphatic carbocycles. The van der Waals surface area contributed by atoms with Crippen molar-refractivity contribution < 1.29 is 18.0 Å². The molecule has 2 heterocycles. The second-order valence-corrected chi connectivity index (χ2v) is 7.95. The van der Waals surface area contributed by atoms with Gasteiger partial charge in [0.15, 0.2) is 11.6 Å². The standard InChI is InChI=1S/C21H18ClF3N4O2/c1-28-8-17-19(11-6-15(24)16(25)7-12(11)20(30)27-17)18(9-28)29(2)21(31)26-10-3-4-14(23)13(22)5-10/h3-7,18H,8-9H2,1-2H3,(H,26,31)(H,27,30).